The molecular formula is C17H22N4O3S. The first kappa shape index (κ1) is 19.0. The van der Waals surface area contributed by atoms with Gasteiger partial charge in [0, 0.05) is 5.38 Å². The number of hydrazine groups is 1. The number of ether oxygens (including phenoxy) is 1. The number of hydrogen-bond donors (Lipinski definition) is 2. The Kier molecular flexibility index (Phi) is 7.05. The fourth-order valence-corrected chi connectivity index (χ4v) is 3.14. The number of carbonyl (C=O) groups excluding carboxylic acids is 2. The van der Waals surface area contributed by atoms with E-state index in [9.17, 15) is 9.59 Å². The van der Waals surface area contributed by atoms with Gasteiger partial charge in [-0.25, -0.2) is 15.8 Å². The number of anilines is 1. The molecule has 0 spiro atoms. The smallest absolute Gasteiger partial charge is 0.316 e. The summed E-state index contributed by atoms with van der Waals surface area (Å²) in [5.41, 5.74) is 6.61. The number of aromatic nitrogens is 1. The van der Waals surface area contributed by atoms with Gasteiger partial charge < -0.3 is 10.5 Å². The molecule has 1 heterocycles. The summed E-state index contributed by atoms with van der Waals surface area (Å²) in [7, 11) is 0. The quantitative estimate of drug-likeness (QED) is 0.231. The van der Waals surface area contributed by atoms with Crippen molar-refractivity contribution < 1.29 is 14.3 Å². The van der Waals surface area contributed by atoms with Crippen molar-refractivity contribution in [1.82, 2.24) is 4.98 Å². The monoisotopic (exact) mass is 362 g/mol. The molecule has 25 heavy (non-hydrogen) atoms. The molecule has 4 N–H and O–H groups in total. The van der Waals surface area contributed by atoms with Crippen LogP contribution in [0.25, 0.3) is 0 Å². The van der Waals surface area contributed by atoms with Crippen molar-refractivity contribution in [3.8, 4) is 0 Å². The first-order valence-corrected chi connectivity index (χ1v) is 8.78. The molecule has 0 aliphatic heterocycles. The van der Waals surface area contributed by atoms with Crippen molar-refractivity contribution >= 4 is 29.5 Å². The van der Waals surface area contributed by atoms with Gasteiger partial charge in [-0.2, -0.15) is 0 Å². The number of nitrogens with zero attached hydrogens (tertiary/aromatic N) is 2. The van der Waals surface area contributed by atoms with E-state index in [-0.39, 0.29) is 18.5 Å². The first-order valence-electron chi connectivity index (χ1n) is 7.90. The molecule has 0 aliphatic rings. The molecule has 2 rings (SSSR count). The van der Waals surface area contributed by atoms with Gasteiger partial charge in [0.25, 0.3) is 0 Å². The Hall–Kier alpha value is -2.29. The van der Waals surface area contributed by atoms with E-state index < -0.39 is 5.92 Å². The van der Waals surface area contributed by atoms with Gasteiger partial charge in [-0.15, -0.1) is 11.3 Å². The molecule has 1 unspecified atom stereocenters. The predicted molar refractivity (Wildman–Crippen MR) is 96.7 cm³/mol. The van der Waals surface area contributed by atoms with Gasteiger partial charge in [-0.05, 0) is 24.4 Å². The molecule has 1 aromatic heterocycles. The van der Waals surface area contributed by atoms with Crippen LogP contribution in [0.1, 0.15) is 29.8 Å². The van der Waals surface area contributed by atoms with Gasteiger partial charge in [-0.3, -0.25) is 9.59 Å². The summed E-state index contributed by atoms with van der Waals surface area (Å²) in [6.07, 6.45) is 0.979. The van der Waals surface area contributed by atoms with Crippen LogP contribution in [0.2, 0.25) is 0 Å². The lowest BCUT2D eigenvalue weighted by atomic mass is 9.96. The second kappa shape index (κ2) is 9.26. The van der Waals surface area contributed by atoms with Crippen LogP contribution in [0, 0.1) is 5.92 Å². The van der Waals surface area contributed by atoms with Crippen LogP contribution >= 0.6 is 11.3 Å². The van der Waals surface area contributed by atoms with E-state index in [1.807, 2.05) is 37.3 Å². The first-order chi connectivity index (χ1) is 12.0. The van der Waals surface area contributed by atoms with Crippen LogP contribution in [0.15, 0.2) is 35.7 Å². The number of rotatable bonds is 9. The summed E-state index contributed by atoms with van der Waals surface area (Å²) in [5.74, 6) is 5.05. The van der Waals surface area contributed by atoms with E-state index in [4.69, 9.17) is 16.3 Å². The Morgan fingerprint density at radius 2 is 2.12 bits per heavy atom. The molecule has 1 amide bonds. The number of benzene rings is 1. The third-order valence-electron chi connectivity index (χ3n) is 3.73. The lowest BCUT2D eigenvalue weighted by Crippen LogP contribution is -2.29. The normalized spacial score (nSPS) is 13.1. The van der Waals surface area contributed by atoms with E-state index in [0.717, 1.165) is 10.6 Å². The highest BCUT2D eigenvalue weighted by Crippen LogP contribution is 2.30. The maximum atomic E-state index is 12.6. The van der Waals surface area contributed by atoms with Gasteiger partial charge in [-0.1, -0.05) is 37.3 Å². The minimum Gasteiger partial charge on any atom is -0.460 e. The Labute approximate surface area is 150 Å². The van der Waals surface area contributed by atoms with Crippen LogP contribution in [-0.4, -0.2) is 23.9 Å². The summed E-state index contributed by atoms with van der Waals surface area (Å²) in [4.78, 5) is 27.7. The highest BCUT2D eigenvalue weighted by Gasteiger charge is 2.28. The van der Waals surface area contributed by atoms with E-state index in [0.29, 0.717) is 30.2 Å². The Morgan fingerprint density at radius 1 is 1.40 bits per heavy atom. The summed E-state index contributed by atoms with van der Waals surface area (Å²) in [6, 6.07) is 9.46. The molecule has 0 saturated carbocycles. The van der Waals surface area contributed by atoms with Gasteiger partial charge >= 0.3 is 5.97 Å². The minimum atomic E-state index is -0.541. The van der Waals surface area contributed by atoms with Gasteiger partial charge in [0.2, 0.25) is 6.41 Å². The van der Waals surface area contributed by atoms with Crippen LogP contribution in [-0.2, 0) is 20.9 Å². The van der Waals surface area contributed by atoms with Gasteiger partial charge in [0.05, 0.1) is 0 Å². The second-order valence-corrected chi connectivity index (χ2v) is 6.67. The topological polar surface area (TPSA) is 112 Å². The standard InChI is InChI=1S/C17H22N4O3S/c1-12(8-18)7-14(16-20-15(10-25-16)21(19)11-22)17(23)24-9-13-5-3-2-4-6-13/h2-6,10-12,14H,7-9,18-19H2,1H3/t12?,14-/m1/s1. The average Bonchev–Trinajstić information content (AvgIpc) is 3.13. The largest absolute Gasteiger partial charge is 0.460 e. The third kappa shape index (κ3) is 5.35. The number of carbonyl (C=O) groups is 2. The van der Waals surface area contributed by atoms with E-state index >= 15 is 0 Å². The van der Waals surface area contributed by atoms with Crippen molar-refractivity contribution in [2.24, 2.45) is 17.5 Å². The molecular weight excluding hydrogens is 340 g/mol. The minimum absolute atomic E-state index is 0.127. The molecule has 0 aliphatic carbocycles. The zero-order valence-corrected chi connectivity index (χ0v) is 14.8. The van der Waals surface area contributed by atoms with Crippen LogP contribution < -0.4 is 16.6 Å². The molecule has 2 aromatic rings. The van der Waals surface area contributed by atoms with E-state index in [1.165, 1.54) is 11.3 Å². The molecule has 0 bridgehead atoms. The Bertz CT molecular complexity index is 692. The highest BCUT2D eigenvalue weighted by atomic mass is 32.1. The van der Waals surface area contributed by atoms with Gasteiger partial charge in [0.1, 0.15) is 17.5 Å². The molecule has 134 valence electrons. The SMILES string of the molecule is CC(CN)C[C@@H](C(=O)OCc1ccccc1)c1nc(N(N)C=O)cs1. The Morgan fingerprint density at radius 3 is 2.76 bits per heavy atom. The van der Waals surface area contributed by atoms with Crippen LogP contribution in [0.3, 0.4) is 0 Å². The number of amides is 1. The summed E-state index contributed by atoms with van der Waals surface area (Å²) >= 11 is 1.27. The second-order valence-electron chi connectivity index (χ2n) is 5.78. The number of esters is 1. The molecule has 0 radical (unpaired) electrons. The third-order valence-corrected chi connectivity index (χ3v) is 4.68. The molecule has 0 fully saturated rings. The predicted octanol–water partition coefficient (Wildman–Crippen LogP) is 1.79. The average molecular weight is 362 g/mol. The van der Waals surface area contributed by atoms with Crippen molar-refractivity contribution in [2.45, 2.75) is 25.9 Å². The fraction of sp³-hybridized carbons (Fsp3) is 0.353. The Balaban J connectivity index is 2.12. The number of nitrogens with two attached hydrogens (primary N) is 2. The molecule has 8 heteroatoms. The fourth-order valence-electron chi connectivity index (χ4n) is 2.24. The summed E-state index contributed by atoms with van der Waals surface area (Å²) < 4.78 is 5.46. The van der Waals surface area contributed by atoms with Crippen LogP contribution in [0.4, 0.5) is 5.82 Å². The summed E-state index contributed by atoms with van der Waals surface area (Å²) in [5, 5.41) is 3.07. The maximum absolute atomic E-state index is 12.6. The van der Waals surface area contributed by atoms with Crippen molar-refractivity contribution in [3.63, 3.8) is 0 Å². The van der Waals surface area contributed by atoms with Crippen molar-refractivity contribution in [3.05, 3.63) is 46.3 Å². The molecule has 2 atom stereocenters. The number of hydrogen-bond acceptors (Lipinski definition) is 7. The molecule has 7 nitrogen and oxygen atoms in total. The van der Waals surface area contributed by atoms with Gasteiger partial charge in [0.15, 0.2) is 5.82 Å². The summed E-state index contributed by atoms with van der Waals surface area (Å²) in [6.45, 7) is 2.62. The zero-order chi connectivity index (χ0) is 18.2. The van der Waals surface area contributed by atoms with E-state index in [1.54, 1.807) is 5.38 Å². The molecule has 1 aromatic carbocycles. The van der Waals surface area contributed by atoms with Crippen molar-refractivity contribution in [1.29, 1.82) is 0 Å². The van der Waals surface area contributed by atoms with Crippen molar-refractivity contribution in [2.75, 3.05) is 11.6 Å². The maximum Gasteiger partial charge on any atom is 0.316 e. The molecule has 0 saturated heterocycles. The highest BCUT2D eigenvalue weighted by molar-refractivity contribution is 7.10. The lowest BCUT2D eigenvalue weighted by molar-refractivity contribution is -0.147. The van der Waals surface area contributed by atoms with Crippen LogP contribution in [0.5, 0.6) is 0 Å². The number of thiazole rings is 1. The van der Waals surface area contributed by atoms with E-state index in [2.05, 4.69) is 4.98 Å². The lowest BCUT2D eigenvalue weighted by Gasteiger charge is -2.17. The zero-order valence-electron chi connectivity index (χ0n) is 14.0.